The standard InChI is InChI=1S/C23H25N3O3S/c1-17-21(30-16-15-29-17)22(27)24-20-10-6-5-9-19(20)23(28)26-13-11-25(12-14-26)18-7-3-2-4-8-18/h2-10H,11-16H2,1H3,(H,24,27). The first kappa shape index (κ1) is 20.3. The minimum atomic E-state index is -0.230. The molecule has 4 rings (SSSR count). The first-order valence-corrected chi connectivity index (χ1v) is 11.1. The Bertz CT molecular complexity index is 953. The Morgan fingerprint density at radius 2 is 1.67 bits per heavy atom. The molecule has 7 heteroatoms. The Morgan fingerprint density at radius 3 is 2.40 bits per heavy atom. The van der Waals surface area contributed by atoms with E-state index >= 15 is 0 Å². The van der Waals surface area contributed by atoms with Crippen LogP contribution in [-0.2, 0) is 9.53 Å². The molecular formula is C23H25N3O3S. The monoisotopic (exact) mass is 423 g/mol. The molecule has 1 saturated heterocycles. The lowest BCUT2D eigenvalue weighted by molar-refractivity contribution is -0.112. The maximum Gasteiger partial charge on any atom is 0.265 e. The van der Waals surface area contributed by atoms with Gasteiger partial charge in [-0.05, 0) is 31.2 Å². The SMILES string of the molecule is CC1=C(C(=O)Nc2ccccc2C(=O)N2CCN(c3ccccc3)CC2)SCCO1. The molecule has 2 aromatic rings. The van der Waals surface area contributed by atoms with Gasteiger partial charge in [-0.15, -0.1) is 11.8 Å². The van der Waals surface area contributed by atoms with Crippen LogP contribution in [0.25, 0.3) is 0 Å². The maximum atomic E-state index is 13.2. The Hall–Kier alpha value is -2.93. The summed E-state index contributed by atoms with van der Waals surface area (Å²) in [6.45, 7) is 5.25. The van der Waals surface area contributed by atoms with Gasteiger partial charge in [0, 0.05) is 37.6 Å². The summed E-state index contributed by atoms with van der Waals surface area (Å²) in [5, 5.41) is 2.91. The summed E-state index contributed by atoms with van der Waals surface area (Å²) in [4.78, 5) is 30.6. The van der Waals surface area contributed by atoms with Crippen LogP contribution in [0.15, 0.2) is 65.3 Å². The average molecular weight is 424 g/mol. The summed E-state index contributed by atoms with van der Waals surface area (Å²) in [6.07, 6.45) is 0. The molecule has 0 radical (unpaired) electrons. The summed E-state index contributed by atoms with van der Waals surface area (Å²) in [5.74, 6) is 1.08. The molecule has 0 atom stereocenters. The predicted molar refractivity (Wildman–Crippen MR) is 121 cm³/mol. The zero-order valence-electron chi connectivity index (χ0n) is 17.0. The van der Waals surface area contributed by atoms with Crippen LogP contribution in [0.1, 0.15) is 17.3 Å². The third kappa shape index (κ3) is 4.46. The van der Waals surface area contributed by atoms with Crippen molar-refractivity contribution in [1.29, 1.82) is 0 Å². The number of ether oxygens (including phenoxy) is 1. The molecule has 30 heavy (non-hydrogen) atoms. The lowest BCUT2D eigenvalue weighted by Gasteiger charge is -2.36. The molecule has 156 valence electrons. The fraction of sp³-hybridized carbons (Fsp3) is 0.304. The summed E-state index contributed by atoms with van der Waals surface area (Å²) < 4.78 is 5.49. The van der Waals surface area contributed by atoms with E-state index in [2.05, 4.69) is 22.3 Å². The van der Waals surface area contributed by atoms with Gasteiger partial charge in [-0.1, -0.05) is 30.3 Å². The van der Waals surface area contributed by atoms with E-state index in [-0.39, 0.29) is 11.8 Å². The number of para-hydroxylation sites is 2. The molecule has 1 fully saturated rings. The Balaban J connectivity index is 1.45. The Morgan fingerprint density at radius 1 is 0.967 bits per heavy atom. The molecule has 0 aromatic heterocycles. The van der Waals surface area contributed by atoms with Crippen molar-refractivity contribution >= 4 is 35.0 Å². The summed E-state index contributed by atoms with van der Waals surface area (Å²) in [5.41, 5.74) is 2.22. The van der Waals surface area contributed by atoms with Crippen molar-refractivity contribution in [2.75, 3.05) is 48.8 Å². The number of nitrogens with one attached hydrogen (secondary N) is 1. The van der Waals surface area contributed by atoms with Gasteiger partial charge in [0.2, 0.25) is 0 Å². The van der Waals surface area contributed by atoms with Crippen LogP contribution in [0, 0.1) is 0 Å². The number of rotatable bonds is 4. The maximum absolute atomic E-state index is 13.2. The van der Waals surface area contributed by atoms with Crippen LogP contribution in [0.3, 0.4) is 0 Å². The number of thioether (sulfide) groups is 1. The lowest BCUT2D eigenvalue weighted by atomic mass is 10.1. The highest BCUT2D eigenvalue weighted by Gasteiger charge is 2.25. The second-order valence-corrected chi connectivity index (χ2v) is 8.30. The minimum absolute atomic E-state index is 0.0585. The fourth-order valence-electron chi connectivity index (χ4n) is 3.67. The highest BCUT2D eigenvalue weighted by molar-refractivity contribution is 8.04. The van der Waals surface area contributed by atoms with Crippen LogP contribution >= 0.6 is 11.8 Å². The minimum Gasteiger partial charge on any atom is -0.496 e. The van der Waals surface area contributed by atoms with Crippen LogP contribution in [0.2, 0.25) is 0 Å². The number of piperazine rings is 1. The predicted octanol–water partition coefficient (Wildman–Crippen LogP) is 3.58. The number of anilines is 2. The molecular weight excluding hydrogens is 398 g/mol. The van der Waals surface area contributed by atoms with Gasteiger partial charge in [-0.3, -0.25) is 9.59 Å². The average Bonchev–Trinajstić information content (AvgIpc) is 2.80. The molecule has 0 aliphatic carbocycles. The van der Waals surface area contributed by atoms with E-state index in [9.17, 15) is 9.59 Å². The van der Waals surface area contributed by atoms with Gasteiger partial charge in [0.25, 0.3) is 11.8 Å². The van der Waals surface area contributed by atoms with E-state index in [4.69, 9.17) is 4.74 Å². The van der Waals surface area contributed by atoms with Gasteiger partial charge in [0.1, 0.15) is 10.7 Å². The number of benzene rings is 2. The molecule has 0 saturated carbocycles. The van der Waals surface area contributed by atoms with Gasteiger partial charge in [-0.25, -0.2) is 0 Å². The number of nitrogens with zero attached hydrogens (tertiary/aromatic N) is 2. The molecule has 2 aromatic carbocycles. The van der Waals surface area contributed by atoms with Gasteiger partial charge in [0.15, 0.2) is 0 Å². The lowest BCUT2D eigenvalue weighted by Crippen LogP contribution is -2.48. The van der Waals surface area contributed by atoms with Crippen molar-refractivity contribution < 1.29 is 14.3 Å². The van der Waals surface area contributed by atoms with Crippen LogP contribution in [-0.4, -0.2) is 55.3 Å². The van der Waals surface area contributed by atoms with Crippen molar-refractivity contribution in [3.8, 4) is 0 Å². The van der Waals surface area contributed by atoms with Gasteiger partial charge in [-0.2, -0.15) is 0 Å². The quantitative estimate of drug-likeness (QED) is 0.815. The zero-order valence-corrected chi connectivity index (χ0v) is 17.8. The van der Waals surface area contributed by atoms with Crippen LogP contribution < -0.4 is 10.2 Å². The number of hydrogen-bond donors (Lipinski definition) is 1. The molecule has 6 nitrogen and oxygen atoms in total. The fourth-order valence-corrected chi connectivity index (χ4v) is 4.48. The van der Waals surface area contributed by atoms with Gasteiger partial charge in [0.05, 0.1) is 17.9 Å². The highest BCUT2D eigenvalue weighted by atomic mass is 32.2. The molecule has 1 N–H and O–H groups in total. The van der Waals surface area contributed by atoms with Crippen molar-refractivity contribution in [2.24, 2.45) is 0 Å². The molecule has 0 spiro atoms. The molecule has 2 amide bonds. The van der Waals surface area contributed by atoms with Crippen molar-refractivity contribution in [2.45, 2.75) is 6.92 Å². The first-order valence-electron chi connectivity index (χ1n) is 10.1. The third-order valence-corrected chi connectivity index (χ3v) is 6.40. The third-order valence-electron chi connectivity index (χ3n) is 5.27. The van der Waals surface area contributed by atoms with Gasteiger partial charge < -0.3 is 19.9 Å². The molecule has 2 aliphatic rings. The number of hydrogen-bond acceptors (Lipinski definition) is 5. The van der Waals surface area contributed by atoms with E-state index in [1.807, 2.05) is 35.2 Å². The second kappa shape index (κ2) is 9.26. The van der Waals surface area contributed by atoms with E-state index in [0.717, 1.165) is 18.8 Å². The van der Waals surface area contributed by atoms with Crippen molar-refractivity contribution in [1.82, 2.24) is 4.90 Å². The largest absolute Gasteiger partial charge is 0.496 e. The smallest absolute Gasteiger partial charge is 0.265 e. The molecule has 2 heterocycles. The van der Waals surface area contributed by atoms with E-state index in [1.165, 1.54) is 17.4 Å². The topological polar surface area (TPSA) is 61.9 Å². The van der Waals surface area contributed by atoms with Crippen LogP contribution in [0.5, 0.6) is 0 Å². The summed E-state index contributed by atoms with van der Waals surface area (Å²) >= 11 is 1.48. The Kier molecular flexibility index (Phi) is 6.28. The van der Waals surface area contributed by atoms with Crippen LogP contribution in [0.4, 0.5) is 11.4 Å². The Labute approximate surface area is 180 Å². The summed E-state index contributed by atoms with van der Waals surface area (Å²) in [6, 6.07) is 17.4. The molecule has 2 aliphatic heterocycles. The number of allylic oxidation sites excluding steroid dienone is 1. The van der Waals surface area contributed by atoms with Crippen molar-refractivity contribution in [3.63, 3.8) is 0 Å². The first-order chi connectivity index (χ1) is 14.6. The highest BCUT2D eigenvalue weighted by Crippen LogP contribution is 2.28. The van der Waals surface area contributed by atoms with Crippen molar-refractivity contribution in [3.05, 3.63) is 70.8 Å². The molecule has 0 unspecified atom stereocenters. The normalized spacial score (nSPS) is 16.8. The number of amides is 2. The molecule has 0 bridgehead atoms. The van der Waals surface area contributed by atoms with E-state index < -0.39 is 0 Å². The zero-order chi connectivity index (χ0) is 20.9. The number of carbonyl (C=O) groups excluding carboxylic acids is 2. The summed E-state index contributed by atoms with van der Waals surface area (Å²) in [7, 11) is 0. The van der Waals surface area contributed by atoms with E-state index in [0.29, 0.717) is 41.6 Å². The van der Waals surface area contributed by atoms with Gasteiger partial charge >= 0.3 is 0 Å². The number of carbonyl (C=O) groups is 2. The second-order valence-electron chi connectivity index (χ2n) is 7.20. The van der Waals surface area contributed by atoms with E-state index in [1.54, 1.807) is 19.1 Å².